The topological polar surface area (TPSA) is 50.1 Å². The van der Waals surface area contributed by atoms with Crippen molar-refractivity contribution >= 4 is 0 Å². The summed E-state index contributed by atoms with van der Waals surface area (Å²) in [6.45, 7) is 4.28. The molecule has 1 aliphatic carbocycles. The van der Waals surface area contributed by atoms with Crippen molar-refractivity contribution in [2.75, 3.05) is 13.2 Å². The zero-order chi connectivity index (χ0) is 12.1. The summed E-state index contributed by atoms with van der Waals surface area (Å²) < 4.78 is 1.92. The predicted molar refractivity (Wildman–Crippen MR) is 67.7 cm³/mol. The molecule has 0 bridgehead atoms. The molecule has 2 N–H and O–H groups in total. The Hall–Kier alpha value is -0.870. The maximum atomic E-state index is 9.60. The molecule has 4 nitrogen and oxygen atoms in total. The summed E-state index contributed by atoms with van der Waals surface area (Å²) >= 11 is 0. The van der Waals surface area contributed by atoms with Gasteiger partial charge in [0.15, 0.2) is 0 Å². The first kappa shape index (κ1) is 12.6. The summed E-state index contributed by atoms with van der Waals surface area (Å²) in [7, 11) is 0. The highest BCUT2D eigenvalue weighted by atomic mass is 16.3. The second kappa shape index (κ2) is 5.65. The van der Waals surface area contributed by atoms with Gasteiger partial charge in [0, 0.05) is 24.5 Å². The summed E-state index contributed by atoms with van der Waals surface area (Å²) in [5.41, 5.74) is -0.0420. The molecular formula is C13H23N3O. The van der Waals surface area contributed by atoms with Gasteiger partial charge in [0.05, 0.1) is 13.2 Å². The van der Waals surface area contributed by atoms with E-state index in [2.05, 4.69) is 17.3 Å². The van der Waals surface area contributed by atoms with Crippen molar-refractivity contribution in [3.8, 4) is 0 Å². The van der Waals surface area contributed by atoms with Crippen LogP contribution < -0.4 is 5.32 Å². The lowest BCUT2D eigenvalue weighted by Gasteiger charge is -2.39. The monoisotopic (exact) mass is 237 g/mol. The van der Waals surface area contributed by atoms with Crippen LogP contribution in [0.3, 0.4) is 0 Å². The number of aromatic nitrogens is 2. The average Bonchev–Trinajstić information content (AvgIpc) is 2.85. The van der Waals surface area contributed by atoms with E-state index < -0.39 is 0 Å². The Bertz CT molecular complexity index is 315. The Balaban J connectivity index is 1.79. The fourth-order valence-electron chi connectivity index (χ4n) is 2.57. The van der Waals surface area contributed by atoms with Crippen LogP contribution in [0, 0.1) is 5.92 Å². The van der Waals surface area contributed by atoms with Gasteiger partial charge in [-0.1, -0.05) is 6.92 Å². The van der Waals surface area contributed by atoms with E-state index in [9.17, 15) is 5.11 Å². The molecule has 17 heavy (non-hydrogen) atoms. The lowest BCUT2D eigenvalue weighted by Crippen LogP contribution is -2.51. The lowest BCUT2D eigenvalue weighted by molar-refractivity contribution is 0.105. The molecule has 1 fully saturated rings. The zero-order valence-corrected chi connectivity index (χ0v) is 10.6. The second-order valence-electron chi connectivity index (χ2n) is 5.32. The first-order valence-electron chi connectivity index (χ1n) is 6.57. The van der Waals surface area contributed by atoms with Crippen molar-refractivity contribution in [1.29, 1.82) is 0 Å². The van der Waals surface area contributed by atoms with Gasteiger partial charge in [0.1, 0.15) is 0 Å². The van der Waals surface area contributed by atoms with Crippen LogP contribution in [-0.2, 0) is 6.54 Å². The smallest absolute Gasteiger partial charge is 0.0613 e. The van der Waals surface area contributed by atoms with E-state index in [0.717, 1.165) is 31.8 Å². The van der Waals surface area contributed by atoms with Gasteiger partial charge in [-0.2, -0.15) is 5.10 Å². The molecule has 0 radical (unpaired) electrons. The van der Waals surface area contributed by atoms with Crippen LogP contribution in [-0.4, -0.2) is 33.6 Å². The molecule has 1 aromatic rings. The largest absolute Gasteiger partial charge is 0.394 e. The van der Waals surface area contributed by atoms with Crippen LogP contribution in [0.25, 0.3) is 0 Å². The van der Waals surface area contributed by atoms with Crippen molar-refractivity contribution in [2.24, 2.45) is 5.92 Å². The molecular weight excluding hydrogens is 214 g/mol. The van der Waals surface area contributed by atoms with E-state index in [1.807, 2.05) is 16.9 Å². The molecule has 0 saturated heterocycles. The third kappa shape index (κ3) is 3.30. The van der Waals surface area contributed by atoms with E-state index >= 15 is 0 Å². The third-order valence-corrected chi connectivity index (χ3v) is 3.93. The molecule has 0 amide bonds. The number of aliphatic hydroxyl groups excluding tert-OH is 1. The van der Waals surface area contributed by atoms with Gasteiger partial charge in [-0.15, -0.1) is 0 Å². The van der Waals surface area contributed by atoms with E-state index in [-0.39, 0.29) is 12.1 Å². The Kier molecular flexibility index (Phi) is 4.18. The average molecular weight is 237 g/mol. The Morgan fingerprint density at radius 1 is 1.47 bits per heavy atom. The minimum absolute atomic E-state index is 0.0420. The van der Waals surface area contributed by atoms with Gasteiger partial charge in [0.2, 0.25) is 0 Å². The molecule has 0 aromatic carbocycles. The first-order chi connectivity index (χ1) is 8.24. The van der Waals surface area contributed by atoms with Crippen LogP contribution in [0.15, 0.2) is 18.5 Å². The Labute approximate surface area is 103 Å². The van der Waals surface area contributed by atoms with Gasteiger partial charge in [-0.05, 0) is 37.7 Å². The minimum atomic E-state index is -0.0420. The predicted octanol–water partition coefficient (Wildman–Crippen LogP) is 1.41. The highest BCUT2D eigenvalue weighted by Crippen LogP contribution is 2.31. The number of hydrogen-bond donors (Lipinski definition) is 2. The molecule has 1 aromatic heterocycles. The molecule has 4 heteroatoms. The zero-order valence-electron chi connectivity index (χ0n) is 10.6. The lowest BCUT2D eigenvalue weighted by atomic mass is 9.77. The minimum Gasteiger partial charge on any atom is -0.394 e. The molecule has 0 aliphatic heterocycles. The van der Waals surface area contributed by atoms with E-state index in [1.54, 1.807) is 6.20 Å². The highest BCUT2D eigenvalue weighted by Gasteiger charge is 2.32. The van der Waals surface area contributed by atoms with Crippen molar-refractivity contribution in [1.82, 2.24) is 15.1 Å². The molecule has 0 unspecified atom stereocenters. The summed E-state index contributed by atoms with van der Waals surface area (Å²) in [5, 5.41) is 17.3. The van der Waals surface area contributed by atoms with Crippen LogP contribution in [0.1, 0.15) is 32.6 Å². The van der Waals surface area contributed by atoms with Crippen LogP contribution in [0.4, 0.5) is 0 Å². The Morgan fingerprint density at radius 2 is 2.24 bits per heavy atom. The number of nitrogens with zero attached hydrogens (tertiary/aromatic N) is 2. The standard InChI is InChI=1S/C13H23N3O/c1-12-3-5-13(11-17,6-4-12)14-8-10-16-9-2-7-15-16/h2,7,9,12,14,17H,3-6,8,10-11H2,1H3. The third-order valence-electron chi connectivity index (χ3n) is 3.93. The normalized spacial score (nSPS) is 29.4. The fourth-order valence-corrected chi connectivity index (χ4v) is 2.57. The molecule has 0 spiro atoms. The van der Waals surface area contributed by atoms with E-state index in [0.29, 0.717) is 0 Å². The summed E-state index contributed by atoms with van der Waals surface area (Å²) in [5.74, 6) is 0.808. The summed E-state index contributed by atoms with van der Waals surface area (Å²) in [6, 6.07) is 1.93. The molecule has 2 rings (SSSR count). The molecule has 1 heterocycles. The quantitative estimate of drug-likeness (QED) is 0.814. The maximum absolute atomic E-state index is 9.60. The van der Waals surface area contributed by atoms with E-state index in [1.165, 1.54) is 12.8 Å². The van der Waals surface area contributed by atoms with Gasteiger partial charge in [0.25, 0.3) is 0 Å². The molecule has 1 saturated carbocycles. The number of rotatable bonds is 5. The van der Waals surface area contributed by atoms with Crippen molar-refractivity contribution in [2.45, 2.75) is 44.7 Å². The van der Waals surface area contributed by atoms with Gasteiger partial charge < -0.3 is 10.4 Å². The van der Waals surface area contributed by atoms with E-state index in [4.69, 9.17) is 0 Å². The van der Waals surface area contributed by atoms with Crippen molar-refractivity contribution in [3.05, 3.63) is 18.5 Å². The summed E-state index contributed by atoms with van der Waals surface area (Å²) in [4.78, 5) is 0. The maximum Gasteiger partial charge on any atom is 0.0613 e. The van der Waals surface area contributed by atoms with Gasteiger partial charge in [-0.25, -0.2) is 0 Å². The molecule has 96 valence electrons. The fraction of sp³-hybridized carbons (Fsp3) is 0.769. The van der Waals surface area contributed by atoms with Gasteiger partial charge in [-0.3, -0.25) is 4.68 Å². The number of aliphatic hydroxyl groups is 1. The van der Waals surface area contributed by atoms with Crippen LogP contribution >= 0.6 is 0 Å². The van der Waals surface area contributed by atoms with Crippen molar-refractivity contribution < 1.29 is 5.11 Å². The SMILES string of the molecule is CC1CCC(CO)(NCCn2cccn2)CC1. The van der Waals surface area contributed by atoms with Crippen LogP contribution in [0.2, 0.25) is 0 Å². The van der Waals surface area contributed by atoms with Gasteiger partial charge >= 0.3 is 0 Å². The Morgan fingerprint density at radius 3 is 2.82 bits per heavy atom. The highest BCUT2D eigenvalue weighted by molar-refractivity contribution is 4.91. The van der Waals surface area contributed by atoms with Crippen LogP contribution in [0.5, 0.6) is 0 Å². The first-order valence-corrected chi connectivity index (χ1v) is 6.57. The molecule has 0 atom stereocenters. The molecule has 1 aliphatic rings. The van der Waals surface area contributed by atoms with Crippen molar-refractivity contribution in [3.63, 3.8) is 0 Å². The number of hydrogen-bond acceptors (Lipinski definition) is 3. The number of nitrogens with one attached hydrogen (secondary N) is 1. The summed E-state index contributed by atoms with van der Waals surface area (Å²) in [6.07, 6.45) is 8.37. The second-order valence-corrected chi connectivity index (χ2v) is 5.32.